The summed E-state index contributed by atoms with van der Waals surface area (Å²) < 4.78 is 1.12. The van der Waals surface area contributed by atoms with Crippen molar-refractivity contribution in [2.45, 2.75) is 19.3 Å². The van der Waals surface area contributed by atoms with Crippen molar-refractivity contribution in [3.63, 3.8) is 0 Å². The van der Waals surface area contributed by atoms with E-state index in [1.165, 1.54) is 22.5 Å². The molecule has 4 nitrogen and oxygen atoms in total. The van der Waals surface area contributed by atoms with E-state index >= 15 is 0 Å². The number of aromatic nitrogens is 3. The number of rotatable bonds is 2. The van der Waals surface area contributed by atoms with Gasteiger partial charge in [-0.1, -0.05) is 50.2 Å². The number of fused-ring (bicyclic) bond motifs is 3. The fourth-order valence-corrected chi connectivity index (χ4v) is 5.39. The van der Waals surface area contributed by atoms with E-state index in [1.54, 1.807) is 23.7 Å². The molecule has 0 atom stereocenters. The second-order valence-corrected chi connectivity index (χ2v) is 9.29. The number of hydrogen-bond acceptors (Lipinski definition) is 5. The Morgan fingerprint density at radius 2 is 1.52 bits per heavy atom. The molecule has 0 fully saturated rings. The van der Waals surface area contributed by atoms with Gasteiger partial charge in [-0.15, -0.1) is 11.3 Å². The maximum absolute atomic E-state index is 4.79. The summed E-state index contributed by atoms with van der Waals surface area (Å²) in [5.41, 5.74) is 7.80. The van der Waals surface area contributed by atoms with Crippen LogP contribution >= 0.6 is 11.3 Å². The molecule has 1 aliphatic heterocycles. The Hall–Kier alpha value is -3.57. The largest absolute Gasteiger partial charge is 0.308 e. The minimum absolute atomic E-state index is 0.0634. The zero-order valence-electron chi connectivity index (χ0n) is 17.3. The Balaban J connectivity index is 1.47. The maximum Gasteiger partial charge on any atom is 0.143 e. The van der Waals surface area contributed by atoms with Crippen LogP contribution in [0.5, 0.6) is 0 Å². The lowest BCUT2D eigenvalue weighted by atomic mass is 9.73. The average molecular weight is 421 g/mol. The van der Waals surface area contributed by atoms with Crippen LogP contribution in [-0.2, 0) is 5.41 Å². The predicted molar refractivity (Wildman–Crippen MR) is 127 cm³/mol. The van der Waals surface area contributed by atoms with Gasteiger partial charge in [-0.05, 0) is 41.5 Å². The summed E-state index contributed by atoms with van der Waals surface area (Å²) in [5, 5.41) is 0.912. The fraction of sp³-hybridized carbons (Fsp3) is 0.115. The number of pyridine rings is 2. The zero-order chi connectivity index (χ0) is 21.0. The normalized spacial score (nSPS) is 14.3. The average Bonchev–Trinajstić information content (AvgIpc) is 3.24. The Bertz CT molecular complexity index is 1340. The summed E-state index contributed by atoms with van der Waals surface area (Å²) in [6.07, 6.45) is 5.55. The number of para-hydroxylation sites is 2. The van der Waals surface area contributed by atoms with E-state index in [9.17, 15) is 0 Å². The summed E-state index contributed by atoms with van der Waals surface area (Å²) >= 11 is 1.64. The highest BCUT2D eigenvalue weighted by Crippen LogP contribution is 2.51. The van der Waals surface area contributed by atoms with Gasteiger partial charge in [0, 0.05) is 11.6 Å². The number of anilines is 3. The minimum atomic E-state index is -0.0634. The van der Waals surface area contributed by atoms with Crippen molar-refractivity contribution in [2.24, 2.45) is 0 Å². The van der Waals surface area contributed by atoms with E-state index in [-0.39, 0.29) is 5.41 Å². The molecular formula is C26H20N4S. The molecule has 1 aliphatic rings. The molecule has 0 N–H and O–H groups in total. The van der Waals surface area contributed by atoms with Crippen LogP contribution in [0.1, 0.15) is 25.0 Å². The highest BCUT2D eigenvalue weighted by Gasteiger charge is 2.36. The third-order valence-electron chi connectivity index (χ3n) is 6.05. The van der Waals surface area contributed by atoms with Gasteiger partial charge in [-0.3, -0.25) is 9.97 Å². The molecule has 6 rings (SSSR count). The Kier molecular flexibility index (Phi) is 3.95. The molecule has 2 aromatic carbocycles. The van der Waals surface area contributed by atoms with Gasteiger partial charge in [-0.25, -0.2) is 4.98 Å². The first kappa shape index (κ1) is 18.2. The molecule has 0 unspecified atom stereocenters. The summed E-state index contributed by atoms with van der Waals surface area (Å²) in [5.74, 6) is 0. The van der Waals surface area contributed by atoms with E-state index in [4.69, 9.17) is 9.97 Å². The summed E-state index contributed by atoms with van der Waals surface area (Å²) in [7, 11) is 0. The standard InChI is InChI=1S/C26H20N4S/c1-26(2)18-7-3-5-9-22(18)30(23-10-6-4-8-19(23)26)17-11-12-20(28-15-17)25-29-21-16-27-14-13-24(21)31-25/h3-16H,1-2H3. The molecule has 0 radical (unpaired) electrons. The zero-order valence-corrected chi connectivity index (χ0v) is 18.1. The number of hydrogen-bond donors (Lipinski definition) is 0. The second-order valence-electron chi connectivity index (χ2n) is 8.26. The molecule has 0 bridgehead atoms. The van der Waals surface area contributed by atoms with Gasteiger partial charge in [0.05, 0.1) is 39.8 Å². The molecule has 0 saturated carbocycles. The van der Waals surface area contributed by atoms with E-state index < -0.39 is 0 Å². The van der Waals surface area contributed by atoms with Crippen LogP contribution in [0.3, 0.4) is 0 Å². The van der Waals surface area contributed by atoms with E-state index in [0.29, 0.717) is 0 Å². The molecular weight excluding hydrogens is 400 g/mol. The van der Waals surface area contributed by atoms with Crippen molar-refractivity contribution in [1.82, 2.24) is 15.0 Å². The molecule has 150 valence electrons. The molecule has 0 spiro atoms. The number of thiazole rings is 1. The van der Waals surface area contributed by atoms with Crippen LogP contribution in [0, 0.1) is 0 Å². The maximum atomic E-state index is 4.79. The molecule has 5 aromatic rings. The summed E-state index contributed by atoms with van der Waals surface area (Å²) in [6, 6.07) is 23.5. The predicted octanol–water partition coefficient (Wildman–Crippen LogP) is 6.86. The Morgan fingerprint density at radius 3 is 2.16 bits per heavy atom. The Labute approximate surface area is 184 Å². The third-order valence-corrected chi connectivity index (χ3v) is 7.11. The first-order valence-electron chi connectivity index (χ1n) is 10.3. The van der Waals surface area contributed by atoms with Gasteiger partial charge < -0.3 is 4.90 Å². The van der Waals surface area contributed by atoms with Gasteiger partial charge in [0.2, 0.25) is 0 Å². The molecule has 31 heavy (non-hydrogen) atoms. The highest BCUT2D eigenvalue weighted by atomic mass is 32.1. The first-order valence-corrected chi connectivity index (χ1v) is 11.1. The van der Waals surface area contributed by atoms with Crippen LogP contribution in [0.15, 0.2) is 85.3 Å². The Morgan fingerprint density at radius 1 is 0.806 bits per heavy atom. The second kappa shape index (κ2) is 6.72. The number of benzene rings is 2. The van der Waals surface area contributed by atoms with Crippen molar-refractivity contribution < 1.29 is 0 Å². The van der Waals surface area contributed by atoms with Crippen LogP contribution in [0.25, 0.3) is 20.9 Å². The minimum Gasteiger partial charge on any atom is -0.308 e. The number of nitrogens with zero attached hydrogens (tertiary/aromatic N) is 4. The lowest BCUT2D eigenvalue weighted by molar-refractivity contribution is 0.632. The molecule has 0 saturated heterocycles. The first-order chi connectivity index (χ1) is 15.1. The molecule has 4 heterocycles. The SMILES string of the molecule is CC1(C)c2ccccc2N(c2ccc(-c3nc4cnccc4s3)nc2)c2ccccc21. The van der Waals surface area contributed by atoms with Gasteiger partial charge in [0.25, 0.3) is 0 Å². The monoisotopic (exact) mass is 420 g/mol. The van der Waals surface area contributed by atoms with Crippen LogP contribution < -0.4 is 4.90 Å². The molecule has 0 aliphatic carbocycles. The van der Waals surface area contributed by atoms with E-state index in [2.05, 4.69) is 84.4 Å². The summed E-state index contributed by atoms with van der Waals surface area (Å²) in [6.45, 7) is 4.59. The molecule has 0 amide bonds. The van der Waals surface area contributed by atoms with Gasteiger partial charge >= 0.3 is 0 Å². The van der Waals surface area contributed by atoms with Crippen molar-refractivity contribution >= 4 is 38.6 Å². The van der Waals surface area contributed by atoms with Crippen molar-refractivity contribution in [3.8, 4) is 10.7 Å². The quantitative estimate of drug-likeness (QED) is 0.313. The van der Waals surface area contributed by atoms with Crippen molar-refractivity contribution in [3.05, 3.63) is 96.4 Å². The van der Waals surface area contributed by atoms with E-state index in [0.717, 1.165) is 26.6 Å². The van der Waals surface area contributed by atoms with Crippen molar-refractivity contribution in [2.75, 3.05) is 4.90 Å². The van der Waals surface area contributed by atoms with E-state index in [1.807, 2.05) is 12.3 Å². The summed E-state index contributed by atoms with van der Waals surface area (Å²) in [4.78, 5) is 16.0. The molecule has 5 heteroatoms. The van der Waals surface area contributed by atoms with Crippen LogP contribution in [0.4, 0.5) is 17.1 Å². The van der Waals surface area contributed by atoms with Crippen LogP contribution in [-0.4, -0.2) is 15.0 Å². The van der Waals surface area contributed by atoms with Crippen molar-refractivity contribution in [1.29, 1.82) is 0 Å². The van der Waals surface area contributed by atoms with Gasteiger partial charge in [-0.2, -0.15) is 0 Å². The third kappa shape index (κ3) is 2.77. The molecule has 3 aromatic heterocycles. The topological polar surface area (TPSA) is 41.9 Å². The highest BCUT2D eigenvalue weighted by molar-refractivity contribution is 7.21. The fourth-order valence-electron chi connectivity index (χ4n) is 4.48. The van der Waals surface area contributed by atoms with Gasteiger partial charge in [0.1, 0.15) is 10.5 Å². The van der Waals surface area contributed by atoms with Crippen LogP contribution in [0.2, 0.25) is 0 Å². The van der Waals surface area contributed by atoms with Gasteiger partial charge in [0.15, 0.2) is 0 Å². The smallest absolute Gasteiger partial charge is 0.143 e. The lowest BCUT2D eigenvalue weighted by Crippen LogP contribution is -2.30. The lowest BCUT2D eigenvalue weighted by Gasteiger charge is -2.41.